The molecule has 0 aromatic heterocycles. The number of hydrogen-bond donors (Lipinski definition) is 1. The lowest BCUT2D eigenvalue weighted by Gasteiger charge is -2.14. The molecule has 0 radical (unpaired) electrons. The van der Waals surface area contributed by atoms with E-state index in [0.717, 1.165) is 4.90 Å². The fourth-order valence-electron chi connectivity index (χ4n) is 2.77. The third-order valence-electron chi connectivity index (χ3n) is 4.07. The Hall–Kier alpha value is -3.48. The first kappa shape index (κ1) is 18.3. The predicted molar refractivity (Wildman–Crippen MR) is 98.5 cm³/mol. The van der Waals surface area contributed by atoms with E-state index in [4.69, 9.17) is 4.74 Å². The Kier molecular flexibility index (Phi) is 5.30. The zero-order chi connectivity index (χ0) is 19.4. The van der Waals surface area contributed by atoms with E-state index in [9.17, 15) is 19.2 Å². The number of nitrogens with one attached hydrogen (secondary N) is 1. The van der Waals surface area contributed by atoms with Crippen molar-refractivity contribution in [3.05, 3.63) is 59.7 Å². The quantitative estimate of drug-likeness (QED) is 0.649. The van der Waals surface area contributed by atoms with Gasteiger partial charge in [0, 0.05) is 24.1 Å². The molecular weight excluding hydrogens is 348 g/mol. The molecule has 0 unspecified atom stereocenters. The second-order valence-electron chi connectivity index (χ2n) is 5.93. The molecule has 138 valence electrons. The van der Waals surface area contributed by atoms with Crippen molar-refractivity contribution in [3.8, 4) is 0 Å². The van der Waals surface area contributed by atoms with Crippen LogP contribution in [0.25, 0.3) is 0 Å². The first-order valence-corrected chi connectivity index (χ1v) is 8.54. The van der Waals surface area contributed by atoms with E-state index in [2.05, 4.69) is 5.32 Å². The van der Waals surface area contributed by atoms with Crippen LogP contribution >= 0.6 is 0 Å². The first-order valence-electron chi connectivity index (χ1n) is 8.54. The van der Waals surface area contributed by atoms with Crippen molar-refractivity contribution in [3.63, 3.8) is 0 Å². The van der Waals surface area contributed by atoms with Crippen LogP contribution in [-0.4, -0.2) is 30.3 Å². The molecule has 1 aliphatic heterocycles. The van der Waals surface area contributed by atoms with Crippen molar-refractivity contribution in [2.45, 2.75) is 19.8 Å². The Morgan fingerprint density at radius 1 is 1.00 bits per heavy atom. The first-order chi connectivity index (χ1) is 13.0. The van der Waals surface area contributed by atoms with Crippen molar-refractivity contribution in [1.29, 1.82) is 0 Å². The summed E-state index contributed by atoms with van der Waals surface area (Å²) in [6.45, 7) is 1.99. The number of carbonyl (C=O) groups excluding carboxylic acids is 4. The van der Waals surface area contributed by atoms with E-state index >= 15 is 0 Å². The van der Waals surface area contributed by atoms with Gasteiger partial charge < -0.3 is 10.1 Å². The molecular formula is C20H18N2O5. The maximum Gasteiger partial charge on any atom is 0.338 e. The highest BCUT2D eigenvalue weighted by molar-refractivity contribution is 6.20. The summed E-state index contributed by atoms with van der Waals surface area (Å²) in [7, 11) is 0. The molecule has 7 heteroatoms. The fourth-order valence-corrected chi connectivity index (χ4v) is 2.77. The minimum Gasteiger partial charge on any atom is -0.462 e. The summed E-state index contributed by atoms with van der Waals surface area (Å²) >= 11 is 0. The number of hydrogen-bond acceptors (Lipinski definition) is 5. The molecule has 27 heavy (non-hydrogen) atoms. The Labute approximate surface area is 155 Å². The number of rotatable bonds is 5. The molecule has 7 nitrogen and oxygen atoms in total. The number of esters is 1. The Morgan fingerprint density at radius 2 is 1.67 bits per heavy atom. The molecule has 3 rings (SSSR count). The van der Waals surface area contributed by atoms with Crippen molar-refractivity contribution in [2.24, 2.45) is 0 Å². The molecule has 0 atom stereocenters. The normalized spacial score (nSPS) is 13.6. The van der Waals surface area contributed by atoms with E-state index in [1.54, 1.807) is 49.4 Å². The summed E-state index contributed by atoms with van der Waals surface area (Å²) in [4.78, 5) is 48.8. The lowest BCUT2D eigenvalue weighted by atomic mass is 10.1. The molecule has 1 heterocycles. The topological polar surface area (TPSA) is 92.8 Å². The van der Waals surface area contributed by atoms with Crippen LogP contribution in [0.4, 0.5) is 11.4 Å². The number of anilines is 2. The van der Waals surface area contributed by atoms with Crippen molar-refractivity contribution in [2.75, 3.05) is 16.8 Å². The van der Waals surface area contributed by atoms with Crippen LogP contribution in [0.15, 0.2) is 48.5 Å². The second kappa shape index (κ2) is 7.82. The van der Waals surface area contributed by atoms with Crippen molar-refractivity contribution in [1.82, 2.24) is 0 Å². The summed E-state index contributed by atoms with van der Waals surface area (Å²) in [5, 5.41) is 2.71. The standard InChI is InChI=1S/C20H18N2O5/c1-2-27-20(26)14-4-3-5-15(12-14)21-19(25)13-6-8-16(9-7-13)22-17(23)10-11-18(22)24/h3-9,12H,2,10-11H2,1H3,(H,21,25). The number of amides is 3. The average Bonchev–Trinajstić information content (AvgIpc) is 3.00. The van der Waals surface area contributed by atoms with Gasteiger partial charge in [0.25, 0.3) is 5.91 Å². The van der Waals surface area contributed by atoms with Gasteiger partial charge in [0.1, 0.15) is 0 Å². The Balaban J connectivity index is 1.71. The molecule has 0 bridgehead atoms. The van der Waals surface area contributed by atoms with Crippen molar-refractivity contribution >= 4 is 35.1 Å². The largest absolute Gasteiger partial charge is 0.462 e. The van der Waals surface area contributed by atoms with Gasteiger partial charge in [0.2, 0.25) is 11.8 Å². The van der Waals surface area contributed by atoms with E-state index in [1.807, 2.05) is 0 Å². The van der Waals surface area contributed by atoms with Gasteiger partial charge in [-0.3, -0.25) is 19.3 Å². The molecule has 3 amide bonds. The van der Waals surface area contributed by atoms with Gasteiger partial charge in [-0.15, -0.1) is 0 Å². The van der Waals surface area contributed by atoms with Crippen LogP contribution in [0.3, 0.4) is 0 Å². The van der Waals surface area contributed by atoms with Gasteiger partial charge in [-0.2, -0.15) is 0 Å². The average molecular weight is 366 g/mol. The molecule has 0 aliphatic carbocycles. The summed E-state index contributed by atoms with van der Waals surface area (Å²) in [6, 6.07) is 12.7. The Bertz CT molecular complexity index is 889. The highest BCUT2D eigenvalue weighted by Gasteiger charge is 2.30. The molecule has 0 saturated carbocycles. The highest BCUT2D eigenvalue weighted by atomic mass is 16.5. The van der Waals surface area contributed by atoms with E-state index in [-0.39, 0.29) is 37.2 Å². The van der Waals surface area contributed by atoms with Gasteiger partial charge in [-0.25, -0.2) is 4.79 Å². The molecule has 1 aliphatic rings. The van der Waals surface area contributed by atoms with E-state index in [1.165, 1.54) is 6.07 Å². The van der Waals surface area contributed by atoms with Crippen LogP contribution < -0.4 is 10.2 Å². The molecule has 2 aromatic carbocycles. The summed E-state index contributed by atoms with van der Waals surface area (Å²) < 4.78 is 4.94. The molecule has 0 spiro atoms. The van der Waals surface area contributed by atoms with Crippen LogP contribution in [0.5, 0.6) is 0 Å². The number of nitrogens with zero attached hydrogens (tertiary/aromatic N) is 1. The van der Waals surface area contributed by atoms with Gasteiger partial charge in [0.05, 0.1) is 17.9 Å². The minimum absolute atomic E-state index is 0.206. The SMILES string of the molecule is CCOC(=O)c1cccc(NC(=O)c2ccc(N3C(=O)CCC3=O)cc2)c1. The number of ether oxygens (including phenoxy) is 1. The summed E-state index contributed by atoms with van der Waals surface area (Å²) in [5.74, 6) is -1.32. The van der Waals surface area contributed by atoms with Crippen LogP contribution in [0, 0.1) is 0 Å². The van der Waals surface area contributed by atoms with Crippen LogP contribution in [-0.2, 0) is 14.3 Å². The highest BCUT2D eigenvalue weighted by Crippen LogP contribution is 2.23. The summed E-state index contributed by atoms with van der Waals surface area (Å²) in [5.41, 5.74) is 1.61. The third kappa shape index (κ3) is 4.03. The smallest absolute Gasteiger partial charge is 0.338 e. The fraction of sp³-hybridized carbons (Fsp3) is 0.200. The van der Waals surface area contributed by atoms with Crippen LogP contribution in [0.1, 0.15) is 40.5 Å². The van der Waals surface area contributed by atoms with Gasteiger partial charge in [-0.1, -0.05) is 6.07 Å². The van der Waals surface area contributed by atoms with Gasteiger partial charge in [0.15, 0.2) is 0 Å². The van der Waals surface area contributed by atoms with Gasteiger partial charge in [-0.05, 0) is 49.4 Å². The molecule has 1 saturated heterocycles. The lowest BCUT2D eigenvalue weighted by molar-refractivity contribution is -0.121. The number of imide groups is 1. The second-order valence-corrected chi connectivity index (χ2v) is 5.93. The van der Waals surface area contributed by atoms with Crippen molar-refractivity contribution < 1.29 is 23.9 Å². The monoisotopic (exact) mass is 366 g/mol. The molecule has 1 fully saturated rings. The van der Waals surface area contributed by atoms with E-state index in [0.29, 0.717) is 22.5 Å². The van der Waals surface area contributed by atoms with Gasteiger partial charge >= 0.3 is 5.97 Å². The third-order valence-corrected chi connectivity index (χ3v) is 4.07. The number of carbonyl (C=O) groups is 4. The maximum absolute atomic E-state index is 12.4. The number of benzene rings is 2. The zero-order valence-electron chi connectivity index (χ0n) is 14.7. The minimum atomic E-state index is -0.460. The molecule has 2 aromatic rings. The zero-order valence-corrected chi connectivity index (χ0v) is 14.7. The summed E-state index contributed by atoms with van der Waals surface area (Å²) in [6.07, 6.45) is 0.412. The maximum atomic E-state index is 12.4. The Morgan fingerprint density at radius 3 is 2.30 bits per heavy atom. The molecule has 1 N–H and O–H groups in total. The lowest BCUT2D eigenvalue weighted by Crippen LogP contribution is -2.28. The van der Waals surface area contributed by atoms with E-state index < -0.39 is 5.97 Å². The predicted octanol–water partition coefficient (Wildman–Crippen LogP) is 2.77. The van der Waals surface area contributed by atoms with Crippen LogP contribution in [0.2, 0.25) is 0 Å².